The van der Waals surface area contributed by atoms with Crippen LogP contribution in [0.4, 0.5) is 5.69 Å². The van der Waals surface area contributed by atoms with Gasteiger partial charge in [-0.1, -0.05) is 6.92 Å². The summed E-state index contributed by atoms with van der Waals surface area (Å²) in [6, 6.07) is 5.81. The van der Waals surface area contributed by atoms with Crippen LogP contribution in [0.1, 0.15) is 24.2 Å². The number of thioether (sulfide) groups is 1. The summed E-state index contributed by atoms with van der Waals surface area (Å²) in [5, 5.41) is 0.489. The van der Waals surface area contributed by atoms with E-state index in [0.29, 0.717) is 16.5 Å². The molecule has 18 heavy (non-hydrogen) atoms. The molecule has 0 aliphatic carbocycles. The van der Waals surface area contributed by atoms with Gasteiger partial charge in [0.05, 0.1) is 0 Å². The lowest BCUT2D eigenvalue weighted by atomic mass is 10.1. The number of carbonyl (C=O) groups excluding carboxylic acids is 1. The third-order valence-corrected chi connectivity index (χ3v) is 5.27. The first-order valence-electron chi connectivity index (χ1n) is 5.97. The maximum atomic E-state index is 12.5. The van der Waals surface area contributed by atoms with Crippen LogP contribution in [0.15, 0.2) is 18.2 Å². The van der Waals surface area contributed by atoms with E-state index in [0.717, 1.165) is 15.9 Å². The van der Waals surface area contributed by atoms with Gasteiger partial charge in [0.2, 0.25) is 0 Å². The summed E-state index contributed by atoms with van der Waals surface area (Å²) in [4.78, 5) is 14.5. The van der Waals surface area contributed by atoms with E-state index >= 15 is 0 Å². The van der Waals surface area contributed by atoms with Crippen molar-refractivity contribution in [1.82, 2.24) is 4.90 Å². The number of anilines is 1. The van der Waals surface area contributed by atoms with Crippen LogP contribution in [-0.4, -0.2) is 34.4 Å². The lowest BCUT2D eigenvalue weighted by Gasteiger charge is -2.37. The Morgan fingerprint density at radius 1 is 1.44 bits per heavy atom. The second kappa shape index (κ2) is 5.69. The number of nitrogen functional groups attached to an aromatic ring is 1. The van der Waals surface area contributed by atoms with Crippen molar-refractivity contribution in [2.75, 3.05) is 18.0 Å². The molecule has 1 aliphatic rings. The van der Waals surface area contributed by atoms with Gasteiger partial charge in [-0.25, -0.2) is 0 Å². The van der Waals surface area contributed by atoms with Crippen LogP contribution in [-0.2, 0) is 0 Å². The Hall–Kier alpha value is -0.430. The molecule has 0 aromatic heterocycles. The summed E-state index contributed by atoms with van der Waals surface area (Å²) in [5.41, 5.74) is 7.16. The Morgan fingerprint density at radius 2 is 2.17 bits per heavy atom. The number of rotatable bonds is 1. The number of hydrogen-bond acceptors (Lipinski definition) is 3. The van der Waals surface area contributed by atoms with Crippen molar-refractivity contribution in [3.63, 3.8) is 0 Å². The lowest BCUT2D eigenvalue weighted by Crippen LogP contribution is -2.48. The molecule has 1 aromatic rings. The summed E-state index contributed by atoms with van der Waals surface area (Å²) in [5.74, 6) is 1.11. The minimum atomic E-state index is 0.0971. The molecule has 0 bridgehead atoms. The van der Waals surface area contributed by atoms with Crippen molar-refractivity contribution < 1.29 is 4.79 Å². The Bertz CT molecular complexity index is 446. The van der Waals surface area contributed by atoms with E-state index in [-0.39, 0.29) is 11.9 Å². The van der Waals surface area contributed by atoms with Gasteiger partial charge in [0.25, 0.3) is 5.91 Å². The number of benzene rings is 1. The Balaban J connectivity index is 2.24. The Morgan fingerprint density at radius 3 is 2.83 bits per heavy atom. The molecule has 1 saturated heterocycles. The van der Waals surface area contributed by atoms with E-state index in [2.05, 4.69) is 36.4 Å². The zero-order valence-electron chi connectivity index (χ0n) is 10.5. The standard InChI is InChI=1S/C13H17IN2OS/c1-8-9(2)18-4-3-16(8)13(17)10-5-11(14)7-12(15)6-10/h5-9H,3-4,15H2,1-2H3. The van der Waals surface area contributed by atoms with E-state index in [1.807, 2.05) is 28.8 Å². The van der Waals surface area contributed by atoms with E-state index in [1.165, 1.54) is 0 Å². The van der Waals surface area contributed by atoms with Gasteiger partial charge in [0.1, 0.15) is 0 Å². The molecule has 0 spiro atoms. The summed E-state index contributed by atoms with van der Waals surface area (Å²) in [6.07, 6.45) is 0. The highest BCUT2D eigenvalue weighted by atomic mass is 127. The van der Waals surface area contributed by atoms with Crippen molar-refractivity contribution in [1.29, 1.82) is 0 Å². The first kappa shape index (κ1) is 14.0. The molecule has 0 radical (unpaired) electrons. The average Bonchev–Trinajstić information content (AvgIpc) is 2.30. The Labute approximate surface area is 126 Å². The number of nitrogens with zero attached hydrogens (tertiary/aromatic N) is 1. The van der Waals surface area contributed by atoms with Crippen LogP contribution in [0.3, 0.4) is 0 Å². The fourth-order valence-corrected chi connectivity index (χ4v) is 3.92. The molecule has 0 saturated carbocycles. The van der Waals surface area contributed by atoms with Crippen molar-refractivity contribution in [3.8, 4) is 0 Å². The number of nitrogens with two attached hydrogens (primary N) is 1. The highest BCUT2D eigenvalue weighted by Crippen LogP contribution is 2.26. The maximum absolute atomic E-state index is 12.5. The number of amides is 1. The first-order valence-corrected chi connectivity index (χ1v) is 8.10. The smallest absolute Gasteiger partial charge is 0.254 e. The van der Waals surface area contributed by atoms with Gasteiger partial charge in [-0.3, -0.25) is 4.79 Å². The lowest BCUT2D eigenvalue weighted by molar-refractivity contribution is 0.0698. The number of hydrogen-bond donors (Lipinski definition) is 1. The van der Waals surface area contributed by atoms with Crippen LogP contribution >= 0.6 is 34.4 Å². The minimum Gasteiger partial charge on any atom is -0.399 e. The van der Waals surface area contributed by atoms with Gasteiger partial charge in [-0.2, -0.15) is 11.8 Å². The first-order chi connectivity index (χ1) is 8.49. The molecular formula is C13H17IN2OS. The summed E-state index contributed by atoms with van der Waals surface area (Å²) in [6.45, 7) is 5.12. The van der Waals surface area contributed by atoms with E-state index < -0.39 is 0 Å². The van der Waals surface area contributed by atoms with Gasteiger partial charge >= 0.3 is 0 Å². The molecule has 1 heterocycles. The highest BCUT2D eigenvalue weighted by molar-refractivity contribution is 14.1. The SMILES string of the molecule is CC1SCCN(C(=O)c2cc(N)cc(I)c2)C1C. The topological polar surface area (TPSA) is 46.3 Å². The fourth-order valence-electron chi connectivity index (χ4n) is 2.12. The monoisotopic (exact) mass is 376 g/mol. The predicted octanol–water partition coefficient (Wildman–Crippen LogP) is 2.84. The Kier molecular flexibility index (Phi) is 4.42. The molecule has 2 atom stereocenters. The van der Waals surface area contributed by atoms with Crippen molar-refractivity contribution >= 4 is 45.9 Å². The molecule has 98 valence electrons. The van der Waals surface area contributed by atoms with Crippen molar-refractivity contribution in [2.45, 2.75) is 25.1 Å². The van der Waals surface area contributed by atoms with Gasteiger partial charge in [0, 0.05) is 38.4 Å². The summed E-state index contributed by atoms with van der Waals surface area (Å²) >= 11 is 4.12. The molecule has 1 amide bonds. The van der Waals surface area contributed by atoms with E-state index in [4.69, 9.17) is 5.73 Å². The van der Waals surface area contributed by atoms with Gasteiger partial charge in [-0.05, 0) is 47.7 Å². The zero-order valence-corrected chi connectivity index (χ0v) is 13.5. The second-order valence-electron chi connectivity index (χ2n) is 4.59. The minimum absolute atomic E-state index is 0.0971. The quantitative estimate of drug-likeness (QED) is 0.606. The van der Waals surface area contributed by atoms with Gasteiger partial charge < -0.3 is 10.6 Å². The van der Waals surface area contributed by atoms with Crippen molar-refractivity contribution in [3.05, 3.63) is 27.3 Å². The average molecular weight is 376 g/mol. The van der Waals surface area contributed by atoms with E-state index in [9.17, 15) is 4.79 Å². The summed E-state index contributed by atoms with van der Waals surface area (Å²) in [7, 11) is 0. The normalized spacial score (nSPS) is 24.1. The van der Waals surface area contributed by atoms with Gasteiger partial charge in [-0.15, -0.1) is 0 Å². The molecule has 5 heteroatoms. The maximum Gasteiger partial charge on any atom is 0.254 e. The zero-order chi connectivity index (χ0) is 13.3. The fraction of sp³-hybridized carbons (Fsp3) is 0.462. The van der Waals surface area contributed by atoms with E-state index in [1.54, 1.807) is 6.07 Å². The molecule has 1 aliphatic heterocycles. The molecule has 2 N–H and O–H groups in total. The highest BCUT2D eigenvalue weighted by Gasteiger charge is 2.29. The van der Waals surface area contributed by atoms with Crippen LogP contribution < -0.4 is 5.73 Å². The largest absolute Gasteiger partial charge is 0.399 e. The van der Waals surface area contributed by atoms with Crippen LogP contribution in [0.25, 0.3) is 0 Å². The number of carbonyl (C=O) groups is 1. The third kappa shape index (κ3) is 2.93. The molecule has 1 fully saturated rings. The molecule has 3 nitrogen and oxygen atoms in total. The van der Waals surface area contributed by atoms with Crippen molar-refractivity contribution in [2.24, 2.45) is 0 Å². The molecule has 2 unspecified atom stereocenters. The van der Waals surface area contributed by atoms with Crippen LogP contribution in [0.5, 0.6) is 0 Å². The van der Waals surface area contributed by atoms with Crippen LogP contribution in [0, 0.1) is 3.57 Å². The third-order valence-electron chi connectivity index (χ3n) is 3.31. The molecule has 1 aromatic carbocycles. The second-order valence-corrected chi connectivity index (χ2v) is 7.32. The molecule has 2 rings (SSSR count). The molecular weight excluding hydrogens is 359 g/mol. The summed E-state index contributed by atoms with van der Waals surface area (Å²) < 4.78 is 1.00. The predicted molar refractivity (Wildman–Crippen MR) is 86.0 cm³/mol. The van der Waals surface area contributed by atoms with Crippen LogP contribution in [0.2, 0.25) is 0 Å². The van der Waals surface area contributed by atoms with Gasteiger partial charge in [0.15, 0.2) is 0 Å². The number of halogens is 1.